The molecule has 3 nitrogen and oxygen atoms in total. The Morgan fingerprint density at radius 2 is 2.00 bits per heavy atom. The maximum Gasteiger partial charge on any atom is 0.246 e. The number of nitrogens with one attached hydrogen (secondary N) is 1. The fourth-order valence-electron chi connectivity index (χ4n) is 0.455. The molecule has 3 N–H and O–H groups in total. The van der Waals surface area contributed by atoms with Crippen molar-refractivity contribution < 1.29 is 4.79 Å². The van der Waals surface area contributed by atoms with Crippen molar-refractivity contribution in [1.29, 1.82) is 0 Å². The summed E-state index contributed by atoms with van der Waals surface area (Å²) in [5.41, 5.74) is 5.76. The van der Waals surface area contributed by atoms with Crippen molar-refractivity contribution in [3.8, 4) is 0 Å². The molecule has 0 aliphatic heterocycles. The van der Waals surface area contributed by atoms with Crippen LogP contribution in [0.5, 0.6) is 0 Å². The standard InChI is InChI=1S/C7H14N2O.C2H6/c1-6(2)7(10)9-5-3-4-8;1-2/h1,3-5,8H2,2H3,(H,9,10);1-2H3. The van der Waals surface area contributed by atoms with E-state index in [0.29, 0.717) is 18.7 Å². The van der Waals surface area contributed by atoms with E-state index in [4.69, 9.17) is 5.73 Å². The molecule has 0 rings (SSSR count). The summed E-state index contributed by atoms with van der Waals surface area (Å²) < 4.78 is 0. The highest BCUT2D eigenvalue weighted by Crippen LogP contribution is 1.84. The fraction of sp³-hybridized carbons (Fsp3) is 0.667. The van der Waals surface area contributed by atoms with E-state index in [1.807, 2.05) is 13.8 Å². The number of nitrogens with two attached hydrogens (primary N) is 1. The molecule has 0 aromatic heterocycles. The summed E-state index contributed by atoms with van der Waals surface area (Å²) in [6.45, 7) is 10.4. The Balaban J connectivity index is 0. The monoisotopic (exact) mass is 172 g/mol. The average Bonchev–Trinajstić information content (AvgIpc) is 2.08. The summed E-state index contributed by atoms with van der Waals surface area (Å²) in [6.07, 6.45) is 0.818. The number of carbonyl (C=O) groups excluding carboxylic acids is 1. The lowest BCUT2D eigenvalue weighted by atomic mass is 10.3. The zero-order chi connectivity index (χ0) is 9.98. The molecule has 0 heterocycles. The van der Waals surface area contributed by atoms with Gasteiger partial charge in [-0.15, -0.1) is 0 Å². The van der Waals surface area contributed by atoms with E-state index >= 15 is 0 Å². The Morgan fingerprint density at radius 3 is 2.33 bits per heavy atom. The number of hydrogen-bond acceptors (Lipinski definition) is 2. The highest BCUT2D eigenvalue weighted by atomic mass is 16.1. The molecule has 0 saturated carbocycles. The molecule has 3 heteroatoms. The average molecular weight is 172 g/mol. The number of rotatable bonds is 4. The van der Waals surface area contributed by atoms with Gasteiger partial charge >= 0.3 is 0 Å². The van der Waals surface area contributed by atoms with Gasteiger partial charge < -0.3 is 11.1 Å². The van der Waals surface area contributed by atoms with Gasteiger partial charge in [-0.1, -0.05) is 20.4 Å². The predicted octanol–water partition coefficient (Wildman–Crippen LogP) is 1.05. The van der Waals surface area contributed by atoms with Crippen LogP contribution in [-0.4, -0.2) is 19.0 Å². The van der Waals surface area contributed by atoms with Gasteiger partial charge in [-0.2, -0.15) is 0 Å². The van der Waals surface area contributed by atoms with E-state index in [2.05, 4.69) is 11.9 Å². The summed E-state index contributed by atoms with van der Waals surface area (Å²) in [7, 11) is 0. The van der Waals surface area contributed by atoms with Crippen molar-refractivity contribution >= 4 is 5.91 Å². The number of amides is 1. The first-order valence-corrected chi connectivity index (χ1v) is 4.32. The lowest BCUT2D eigenvalue weighted by Gasteiger charge is -2.01. The van der Waals surface area contributed by atoms with Crippen LogP contribution in [0.3, 0.4) is 0 Å². The van der Waals surface area contributed by atoms with Crippen molar-refractivity contribution in [2.75, 3.05) is 13.1 Å². The molecule has 12 heavy (non-hydrogen) atoms. The van der Waals surface area contributed by atoms with Crippen LogP contribution < -0.4 is 11.1 Å². The third-order valence-electron chi connectivity index (χ3n) is 1.05. The van der Waals surface area contributed by atoms with E-state index in [0.717, 1.165) is 6.42 Å². The Labute approximate surface area is 75.0 Å². The molecule has 0 bridgehead atoms. The van der Waals surface area contributed by atoms with Crippen molar-refractivity contribution in [3.05, 3.63) is 12.2 Å². The summed E-state index contributed by atoms with van der Waals surface area (Å²) >= 11 is 0. The van der Waals surface area contributed by atoms with Gasteiger partial charge in [0.1, 0.15) is 0 Å². The molecular formula is C9H20N2O. The van der Waals surface area contributed by atoms with Crippen molar-refractivity contribution in [2.45, 2.75) is 27.2 Å². The second-order valence-electron chi connectivity index (χ2n) is 2.18. The summed E-state index contributed by atoms with van der Waals surface area (Å²) in [5, 5.41) is 2.66. The van der Waals surface area contributed by atoms with Crippen LogP contribution in [0.2, 0.25) is 0 Å². The minimum atomic E-state index is -0.0894. The summed E-state index contributed by atoms with van der Waals surface area (Å²) in [4.78, 5) is 10.8. The van der Waals surface area contributed by atoms with E-state index in [1.54, 1.807) is 6.92 Å². The van der Waals surface area contributed by atoms with Crippen LogP contribution in [0.1, 0.15) is 27.2 Å². The maximum atomic E-state index is 10.8. The first-order chi connectivity index (χ1) is 5.68. The van der Waals surface area contributed by atoms with Gasteiger partial charge in [0.05, 0.1) is 0 Å². The van der Waals surface area contributed by atoms with Gasteiger partial charge in [0.15, 0.2) is 0 Å². The van der Waals surface area contributed by atoms with Gasteiger partial charge in [0.25, 0.3) is 0 Å². The predicted molar refractivity (Wildman–Crippen MR) is 52.8 cm³/mol. The molecule has 72 valence electrons. The first-order valence-electron chi connectivity index (χ1n) is 4.32. The normalized spacial score (nSPS) is 8.00. The van der Waals surface area contributed by atoms with Crippen molar-refractivity contribution in [2.24, 2.45) is 5.73 Å². The van der Waals surface area contributed by atoms with E-state index < -0.39 is 0 Å². The minimum absolute atomic E-state index is 0.0894. The Kier molecular flexibility index (Phi) is 11.6. The SMILES string of the molecule is C=C(C)C(=O)NCCCN.CC. The number of hydrogen-bond donors (Lipinski definition) is 2. The van der Waals surface area contributed by atoms with Crippen LogP contribution in [-0.2, 0) is 4.79 Å². The minimum Gasteiger partial charge on any atom is -0.352 e. The molecule has 0 saturated heterocycles. The van der Waals surface area contributed by atoms with Crippen LogP contribution in [0.15, 0.2) is 12.2 Å². The summed E-state index contributed by atoms with van der Waals surface area (Å²) in [5.74, 6) is -0.0894. The third-order valence-corrected chi connectivity index (χ3v) is 1.05. The molecule has 1 amide bonds. The Bertz CT molecular complexity index is 132. The highest BCUT2D eigenvalue weighted by molar-refractivity contribution is 5.91. The van der Waals surface area contributed by atoms with Crippen LogP contribution >= 0.6 is 0 Å². The van der Waals surface area contributed by atoms with E-state index in [9.17, 15) is 4.79 Å². The fourth-order valence-corrected chi connectivity index (χ4v) is 0.455. The van der Waals surface area contributed by atoms with Gasteiger partial charge in [-0.05, 0) is 19.9 Å². The number of carbonyl (C=O) groups is 1. The van der Waals surface area contributed by atoms with Crippen LogP contribution in [0.4, 0.5) is 0 Å². The molecule has 0 fully saturated rings. The molecular weight excluding hydrogens is 152 g/mol. The van der Waals surface area contributed by atoms with Gasteiger partial charge in [-0.3, -0.25) is 4.79 Å². The zero-order valence-electron chi connectivity index (χ0n) is 8.31. The van der Waals surface area contributed by atoms with Crippen molar-refractivity contribution in [3.63, 3.8) is 0 Å². The molecule has 0 aromatic rings. The second kappa shape index (κ2) is 10.2. The van der Waals surface area contributed by atoms with Crippen molar-refractivity contribution in [1.82, 2.24) is 5.32 Å². The smallest absolute Gasteiger partial charge is 0.246 e. The highest BCUT2D eigenvalue weighted by Gasteiger charge is 1.97. The van der Waals surface area contributed by atoms with Gasteiger partial charge in [0.2, 0.25) is 5.91 Å². The van der Waals surface area contributed by atoms with Gasteiger partial charge in [0, 0.05) is 12.1 Å². The zero-order valence-corrected chi connectivity index (χ0v) is 8.31. The molecule has 0 aliphatic rings. The maximum absolute atomic E-state index is 10.8. The quantitative estimate of drug-likeness (QED) is 0.492. The molecule has 0 unspecified atom stereocenters. The molecule has 0 atom stereocenters. The second-order valence-corrected chi connectivity index (χ2v) is 2.18. The lowest BCUT2D eigenvalue weighted by Crippen LogP contribution is -2.26. The van der Waals surface area contributed by atoms with E-state index in [1.165, 1.54) is 0 Å². The van der Waals surface area contributed by atoms with E-state index in [-0.39, 0.29) is 5.91 Å². The largest absolute Gasteiger partial charge is 0.352 e. The molecule has 0 radical (unpaired) electrons. The lowest BCUT2D eigenvalue weighted by molar-refractivity contribution is -0.117. The molecule has 0 aliphatic carbocycles. The molecule has 0 aromatic carbocycles. The Hall–Kier alpha value is -0.830. The van der Waals surface area contributed by atoms with Crippen LogP contribution in [0, 0.1) is 0 Å². The summed E-state index contributed by atoms with van der Waals surface area (Å²) in [6, 6.07) is 0. The first kappa shape index (κ1) is 13.7. The molecule has 0 spiro atoms. The topological polar surface area (TPSA) is 55.1 Å². The van der Waals surface area contributed by atoms with Crippen LogP contribution in [0.25, 0.3) is 0 Å². The third kappa shape index (κ3) is 9.17. The Morgan fingerprint density at radius 1 is 1.50 bits per heavy atom. The van der Waals surface area contributed by atoms with Gasteiger partial charge in [-0.25, -0.2) is 0 Å².